The van der Waals surface area contributed by atoms with Crippen molar-refractivity contribution < 1.29 is 17.6 Å². The van der Waals surface area contributed by atoms with Gasteiger partial charge in [-0.25, -0.2) is 4.39 Å². The second kappa shape index (κ2) is 5.38. The summed E-state index contributed by atoms with van der Waals surface area (Å²) in [4.78, 5) is 0.878. The molecule has 2 aromatic rings. The van der Waals surface area contributed by atoms with E-state index in [1.165, 1.54) is 17.4 Å². The molecule has 0 bridgehead atoms. The Labute approximate surface area is 115 Å². The van der Waals surface area contributed by atoms with Crippen molar-refractivity contribution in [2.75, 3.05) is 5.32 Å². The third-order valence-corrected chi connectivity index (χ3v) is 3.60. The molecule has 19 heavy (non-hydrogen) atoms. The lowest BCUT2D eigenvalue weighted by Crippen LogP contribution is -2.09. The number of benzene rings is 1. The van der Waals surface area contributed by atoms with Crippen LogP contribution in [0.4, 0.5) is 23.2 Å². The smallest absolute Gasteiger partial charge is 0.380 e. The Morgan fingerprint density at radius 1 is 1.16 bits per heavy atom. The first kappa shape index (κ1) is 14.1. The number of thiophene rings is 1. The maximum absolute atomic E-state index is 13.1. The van der Waals surface area contributed by atoms with Gasteiger partial charge in [0.2, 0.25) is 0 Å². The second-order valence-electron chi connectivity index (χ2n) is 3.75. The summed E-state index contributed by atoms with van der Waals surface area (Å²) in [7, 11) is 0. The van der Waals surface area contributed by atoms with Gasteiger partial charge in [0, 0.05) is 17.1 Å². The molecule has 0 aliphatic heterocycles. The van der Waals surface area contributed by atoms with Crippen molar-refractivity contribution in [2.24, 2.45) is 0 Å². The first-order chi connectivity index (χ1) is 8.86. The molecule has 1 aromatic heterocycles. The molecule has 0 amide bonds. The van der Waals surface area contributed by atoms with Crippen molar-refractivity contribution in [3.63, 3.8) is 0 Å². The Hall–Kier alpha value is -1.27. The highest BCUT2D eigenvalue weighted by Crippen LogP contribution is 2.33. The topological polar surface area (TPSA) is 12.0 Å². The fraction of sp³-hybridized carbons (Fsp3) is 0.167. The van der Waals surface area contributed by atoms with E-state index in [2.05, 4.69) is 5.32 Å². The maximum Gasteiger partial charge on any atom is 0.419 e. The van der Waals surface area contributed by atoms with E-state index < -0.39 is 17.6 Å². The molecule has 102 valence electrons. The minimum atomic E-state index is -4.70. The summed E-state index contributed by atoms with van der Waals surface area (Å²) in [5.41, 5.74) is -1.07. The number of hydrogen-bond acceptors (Lipinski definition) is 2. The van der Waals surface area contributed by atoms with E-state index in [1.807, 2.05) is 0 Å². The molecule has 0 aliphatic rings. The van der Waals surface area contributed by atoms with Gasteiger partial charge in [0.15, 0.2) is 0 Å². The van der Waals surface area contributed by atoms with Crippen LogP contribution in [0, 0.1) is 5.82 Å². The van der Waals surface area contributed by atoms with E-state index in [-0.39, 0.29) is 5.69 Å². The van der Waals surface area contributed by atoms with Gasteiger partial charge in [-0.3, -0.25) is 0 Å². The summed E-state index contributed by atoms with van der Waals surface area (Å²) in [6, 6.07) is 6.29. The molecule has 1 N–H and O–H groups in total. The highest BCUT2D eigenvalue weighted by molar-refractivity contribution is 7.16. The third kappa shape index (κ3) is 3.61. The first-order valence-corrected chi connectivity index (χ1v) is 6.40. The average Bonchev–Trinajstić information content (AvgIpc) is 2.72. The zero-order chi connectivity index (χ0) is 14.0. The van der Waals surface area contributed by atoms with Crippen molar-refractivity contribution in [2.45, 2.75) is 12.7 Å². The zero-order valence-corrected chi connectivity index (χ0v) is 11.0. The van der Waals surface area contributed by atoms with Gasteiger partial charge in [0.1, 0.15) is 5.82 Å². The van der Waals surface area contributed by atoms with Crippen LogP contribution < -0.4 is 5.32 Å². The summed E-state index contributed by atoms with van der Waals surface area (Å²) in [5.74, 6) is -1.28. The fourth-order valence-corrected chi connectivity index (χ4v) is 2.52. The van der Waals surface area contributed by atoms with E-state index in [9.17, 15) is 17.6 Å². The van der Waals surface area contributed by atoms with Gasteiger partial charge in [0.05, 0.1) is 9.90 Å². The summed E-state index contributed by atoms with van der Waals surface area (Å²) in [6.45, 7) is 0.334. The van der Waals surface area contributed by atoms with Crippen molar-refractivity contribution >= 4 is 28.6 Å². The number of nitrogens with one attached hydrogen (secondary N) is 1. The van der Waals surface area contributed by atoms with E-state index in [4.69, 9.17) is 11.6 Å². The predicted octanol–water partition coefficient (Wildman–Crippen LogP) is 5.17. The summed E-state index contributed by atoms with van der Waals surface area (Å²) >= 11 is 7.07. The Balaban J connectivity index is 2.13. The monoisotopic (exact) mass is 309 g/mol. The molecule has 0 atom stereocenters. The molecular weight excluding hydrogens is 302 g/mol. The summed E-state index contributed by atoms with van der Waals surface area (Å²) < 4.78 is 51.2. The van der Waals surface area contributed by atoms with Crippen molar-refractivity contribution in [1.82, 2.24) is 0 Å². The van der Waals surface area contributed by atoms with Crippen LogP contribution in [0.2, 0.25) is 4.34 Å². The summed E-state index contributed by atoms with van der Waals surface area (Å²) in [6.07, 6.45) is -4.70. The molecule has 2 rings (SSSR count). The largest absolute Gasteiger partial charge is 0.419 e. The molecule has 0 unspecified atom stereocenters. The summed E-state index contributed by atoms with van der Waals surface area (Å²) in [5, 5.41) is 2.80. The number of anilines is 1. The number of hydrogen-bond donors (Lipinski definition) is 1. The van der Waals surface area contributed by atoms with Gasteiger partial charge in [-0.15, -0.1) is 11.3 Å². The van der Waals surface area contributed by atoms with E-state index in [1.54, 1.807) is 12.1 Å². The lowest BCUT2D eigenvalue weighted by atomic mass is 10.2. The average molecular weight is 310 g/mol. The standard InChI is InChI=1S/C12H8ClF4NS/c13-11-4-2-8(19-11)6-18-7-1-3-10(14)9(5-7)12(15,16)17/h1-5,18H,6H2. The molecular formula is C12H8ClF4NS. The molecule has 1 aromatic carbocycles. The molecule has 7 heteroatoms. The van der Waals surface area contributed by atoms with Crippen molar-refractivity contribution in [3.8, 4) is 0 Å². The Morgan fingerprint density at radius 3 is 2.47 bits per heavy atom. The lowest BCUT2D eigenvalue weighted by Gasteiger charge is -2.11. The van der Waals surface area contributed by atoms with Crippen LogP contribution in [0.15, 0.2) is 30.3 Å². The van der Waals surface area contributed by atoms with Crippen LogP contribution in [0.25, 0.3) is 0 Å². The number of halogens is 5. The minimum Gasteiger partial charge on any atom is -0.380 e. The van der Waals surface area contributed by atoms with E-state index >= 15 is 0 Å². The SMILES string of the molecule is Fc1ccc(NCc2ccc(Cl)s2)cc1C(F)(F)F. The Kier molecular flexibility index (Phi) is 4.01. The first-order valence-electron chi connectivity index (χ1n) is 5.21. The van der Waals surface area contributed by atoms with Crippen LogP contribution >= 0.6 is 22.9 Å². The quantitative estimate of drug-likeness (QED) is 0.771. The van der Waals surface area contributed by atoms with Gasteiger partial charge >= 0.3 is 6.18 Å². The van der Waals surface area contributed by atoms with Gasteiger partial charge < -0.3 is 5.32 Å². The van der Waals surface area contributed by atoms with E-state index in [0.29, 0.717) is 10.9 Å². The van der Waals surface area contributed by atoms with Gasteiger partial charge in [-0.05, 0) is 30.3 Å². The van der Waals surface area contributed by atoms with Crippen LogP contribution in [-0.2, 0) is 12.7 Å². The highest BCUT2D eigenvalue weighted by atomic mass is 35.5. The van der Waals surface area contributed by atoms with Gasteiger partial charge in [-0.2, -0.15) is 13.2 Å². The fourth-order valence-electron chi connectivity index (χ4n) is 1.49. The lowest BCUT2D eigenvalue weighted by molar-refractivity contribution is -0.139. The molecule has 1 heterocycles. The van der Waals surface area contributed by atoms with Crippen molar-refractivity contribution in [1.29, 1.82) is 0 Å². The molecule has 0 spiro atoms. The highest BCUT2D eigenvalue weighted by Gasteiger charge is 2.34. The maximum atomic E-state index is 13.1. The van der Waals surface area contributed by atoms with Crippen LogP contribution in [0.5, 0.6) is 0 Å². The minimum absolute atomic E-state index is 0.207. The van der Waals surface area contributed by atoms with Crippen molar-refractivity contribution in [3.05, 3.63) is 50.9 Å². The normalized spacial score (nSPS) is 11.6. The van der Waals surface area contributed by atoms with Crippen LogP contribution in [-0.4, -0.2) is 0 Å². The third-order valence-electron chi connectivity index (χ3n) is 2.37. The van der Waals surface area contributed by atoms with Gasteiger partial charge in [-0.1, -0.05) is 11.6 Å². The predicted molar refractivity (Wildman–Crippen MR) is 68.1 cm³/mol. The zero-order valence-electron chi connectivity index (χ0n) is 9.39. The molecule has 1 nitrogen and oxygen atoms in total. The van der Waals surface area contributed by atoms with Crippen LogP contribution in [0.1, 0.15) is 10.4 Å². The Morgan fingerprint density at radius 2 is 1.89 bits per heavy atom. The molecule has 0 radical (unpaired) electrons. The van der Waals surface area contributed by atoms with Gasteiger partial charge in [0.25, 0.3) is 0 Å². The molecule has 0 fully saturated rings. The number of alkyl halides is 3. The Bertz CT molecular complexity index is 579. The number of rotatable bonds is 3. The molecule has 0 saturated heterocycles. The molecule has 0 saturated carbocycles. The van der Waals surface area contributed by atoms with Crippen LogP contribution in [0.3, 0.4) is 0 Å². The van der Waals surface area contributed by atoms with E-state index in [0.717, 1.165) is 17.0 Å². The molecule has 0 aliphatic carbocycles. The second-order valence-corrected chi connectivity index (χ2v) is 5.55.